The van der Waals surface area contributed by atoms with Gasteiger partial charge >= 0.3 is 0 Å². The number of Topliss-reactive ketones (excluding diaryl/α,β-unsaturated/α-hetero) is 1. The fourth-order valence-corrected chi connectivity index (χ4v) is 5.91. The van der Waals surface area contributed by atoms with Crippen LogP contribution in [0.2, 0.25) is 5.02 Å². The summed E-state index contributed by atoms with van der Waals surface area (Å²) in [7, 11) is 0. The van der Waals surface area contributed by atoms with Gasteiger partial charge in [0.25, 0.3) is 0 Å². The molecule has 2 aromatic rings. The van der Waals surface area contributed by atoms with E-state index in [0.717, 1.165) is 32.3 Å². The molecule has 0 saturated carbocycles. The zero-order chi connectivity index (χ0) is 22.7. The molecule has 31 heavy (non-hydrogen) atoms. The molecule has 0 radical (unpaired) electrons. The number of rotatable bonds is 2. The quantitative estimate of drug-likeness (QED) is 0.584. The summed E-state index contributed by atoms with van der Waals surface area (Å²) in [5.41, 5.74) is 11.2. The minimum absolute atomic E-state index is 0.0861. The number of halogens is 1. The van der Waals surface area contributed by atoms with E-state index >= 15 is 0 Å². The summed E-state index contributed by atoms with van der Waals surface area (Å²) in [6.07, 6.45) is 1.14. The third-order valence-corrected chi connectivity index (χ3v) is 7.57. The van der Waals surface area contributed by atoms with Gasteiger partial charge < -0.3 is 5.73 Å². The van der Waals surface area contributed by atoms with Gasteiger partial charge in [0.05, 0.1) is 17.6 Å². The Bertz CT molecular complexity index is 1210. The lowest BCUT2D eigenvalue weighted by atomic mass is 9.68. The van der Waals surface area contributed by atoms with Gasteiger partial charge in [-0.3, -0.25) is 9.69 Å². The lowest BCUT2D eigenvalue weighted by Gasteiger charge is -2.43. The van der Waals surface area contributed by atoms with Gasteiger partial charge in [-0.2, -0.15) is 5.26 Å². The van der Waals surface area contributed by atoms with Crippen molar-refractivity contribution in [3.8, 4) is 6.07 Å². The first kappa shape index (κ1) is 21.7. The highest BCUT2D eigenvalue weighted by molar-refractivity contribution is 7.12. The van der Waals surface area contributed by atoms with Crippen molar-refractivity contribution in [3.05, 3.63) is 72.8 Å². The van der Waals surface area contributed by atoms with Crippen LogP contribution in [0.1, 0.15) is 53.5 Å². The molecular weight excluding hydrogens is 426 g/mol. The predicted octanol–water partition coefficient (Wildman–Crippen LogP) is 6.27. The van der Waals surface area contributed by atoms with Crippen LogP contribution in [0.5, 0.6) is 0 Å². The number of anilines is 1. The normalized spacial score (nSPS) is 20.7. The molecule has 1 aromatic carbocycles. The Labute approximate surface area is 192 Å². The van der Waals surface area contributed by atoms with Crippen LogP contribution in [0.3, 0.4) is 0 Å². The van der Waals surface area contributed by atoms with E-state index in [1.807, 2.05) is 43.9 Å². The molecule has 1 aliphatic heterocycles. The van der Waals surface area contributed by atoms with Crippen LogP contribution in [0.4, 0.5) is 5.69 Å². The Balaban J connectivity index is 2.02. The number of hydrogen-bond donors (Lipinski definition) is 1. The third kappa shape index (κ3) is 3.58. The summed E-state index contributed by atoms with van der Waals surface area (Å²) in [5, 5.41) is 10.8. The van der Waals surface area contributed by atoms with E-state index in [2.05, 4.69) is 26.0 Å². The van der Waals surface area contributed by atoms with E-state index in [1.165, 1.54) is 0 Å². The van der Waals surface area contributed by atoms with Crippen molar-refractivity contribution in [1.29, 1.82) is 5.26 Å². The van der Waals surface area contributed by atoms with Crippen molar-refractivity contribution in [2.45, 2.75) is 53.4 Å². The highest BCUT2D eigenvalue weighted by atomic mass is 35.5. The van der Waals surface area contributed by atoms with Gasteiger partial charge in [0, 0.05) is 38.2 Å². The minimum atomic E-state index is -0.425. The fraction of sp³-hybridized carbons (Fsp3) is 0.360. The Morgan fingerprint density at radius 1 is 1.23 bits per heavy atom. The van der Waals surface area contributed by atoms with Crippen molar-refractivity contribution in [3.63, 3.8) is 0 Å². The molecule has 6 heteroatoms. The first-order chi connectivity index (χ1) is 14.5. The van der Waals surface area contributed by atoms with Crippen molar-refractivity contribution >= 4 is 34.4 Å². The summed E-state index contributed by atoms with van der Waals surface area (Å²) in [4.78, 5) is 17.7. The summed E-state index contributed by atoms with van der Waals surface area (Å²) in [6.45, 7) is 10.2. The SMILES string of the molecule is Cc1cc([C@H]2C(C#N)=C(N)N(c3ccc(C)c(Cl)c3)C3=C2C(=O)CC(C)(C)C3)c(C)s1. The predicted molar refractivity (Wildman–Crippen MR) is 127 cm³/mol. The lowest BCUT2D eigenvalue weighted by Crippen LogP contribution is -2.42. The van der Waals surface area contributed by atoms with E-state index in [1.54, 1.807) is 11.3 Å². The van der Waals surface area contributed by atoms with Gasteiger partial charge in [-0.1, -0.05) is 31.5 Å². The molecule has 0 bridgehead atoms. The number of aryl methyl sites for hydroxylation is 3. The van der Waals surface area contributed by atoms with Crippen molar-refractivity contribution in [1.82, 2.24) is 0 Å². The second-order valence-electron chi connectivity index (χ2n) is 9.28. The van der Waals surface area contributed by atoms with Crippen LogP contribution in [0.25, 0.3) is 0 Å². The average Bonchev–Trinajstić information content (AvgIpc) is 3.00. The zero-order valence-corrected chi connectivity index (χ0v) is 20.0. The van der Waals surface area contributed by atoms with Crippen molar-refractivity contribution in [2.75, 3.05) is 4.90 Å². The second kappa shape index (κ2) is 7.55. The molecule has 4 nitrogen and oxygen atoms in total. The molecule has 2 heterocycles. The van der Waals surface area contributed by atoms with Crippen LogP contribution in [-0.2, 0) is 4.79 Å². The minimum Gasteiger partial charge on any atom is -0.384 e. The fourth-order valence-electron chi connectivity index (χ4n) is 4.77. The van der Waals surface area contributed by atoms with Crippen LogP contribution >= 0.6 is 22.9 Å². The van der Waals surface area contributed by atoms with Gasteiger partial charge in [-0.05, 0) is 61.9 Å². The Hall–Kier alpha value is -2.55. The molecule has 0 spiro atoms. The van der Waals surface area contributed by atoms with Crippen molar-refractivity contribution < 1.29 is 4.79 Å². The van der Waals surface area contributed by atoms with E-state index in [0.29, 0.717) is 34.8 Å². The topological polar surface area (TPSA) is 70.1 Å². The maximum absolute atomic E-state index is 13.5. The molecule has 0 amide bonds. The van der Waals surface area contributed by atoms with Gasteiger partial charge in [-0.15, -0.1) is 11.3 Å². The number of carbonyl (C=O) groups excluding carboxylic acids is 1. The van der Waals surface area contributed by atoms with E-state index in [4.69, 9.17) is 17.3 Å². The molecule has 0 fully saturated rings. The summed E-state index contributed by atoms with van der Waals surface area (Å²) in [5.74, 6) is 0.0357. The molecule has 2 N–H and O–H groups in total. The molecule has 2 aliphatic rings. The molecule has 0 saturated heterocycles. The number of carbonyl (C=O) groups is 1. The number of benzene rings is 1. The van der Waals surface area contributed by atoms with E-state index < -0.39 is 5.92 Å². The highest BCUT2D eigenvalue weighted by Crippen LogP contribution is 2.51. The zero-order valence-electron chi connectivity index (χ0n) is 18.5. The number of nitriles is 1. The summed E-state index contributed by atoms with van der Waals surface area (Å²) in [6, 6.07) is 10.2. The van der Waals surface area contributed by atoms with E-state index in [-0.39, 0.29) is 11.2 Å². The van der Waals surface area contributed by atoms with Crippen LogP contribution in [-0.4, -0.2) is 5.78 Å². The largest absolute Gasteiger partial charge is 0.384 e. The van der Waals surface area contributed by atoms with Gasteiger partial charge in [0.15, 0.2) is 5.78 Å². The number of allylic oxidation sites excluding steroid dienone is 3. The molecule has 160 valence electrons. The molecule has 0 unspecified atom stereocenters. The molecule has 1 aromatic heterocycles. The van der Waals surface area contributed by atoms with Crippen LogP contribution < -0.4 is 10.6 Å². The van der Waals surface area contributed by atoms with Gasteiger partial charge in [-0.25, -0.2) is 0 Å². The smallest absolute Gasteiger partial charge is 0.162 e. The van der Waals surface area contributed by atoms with Gasteiger partial charge in [0.2, 0.25) is 0 Å². The van der Waals surface area contributed by atoms with E-state index in [9.17, 15) is 10.1 Å². The first-order valence-corrected chi connectivity index (χ1v) is 11.5. The number of nitrogens with zero attached hydrogens (tertiary/aromatic N) is 2. The number of hydrogen-bond acceptors (Lipinski definition) is 5. The van der Waals surface area contributed by atoms with Crippen LogP contribution in [0, 0.1) is 37.5 Å². The lowest BCUT2D eigenvalue weighted by molar-refractivity contribution is -0.118. The van der Waals surface area contributed by atoms with Gasteiger partial charge in [0.1, 0.15) is 5.82 Å². The average molecular weight is 452 g/mol. The summed E-state index contributed by atoms with van der Waals surface area (Å²) >= 11 is 8.11. The standard InChI is InChI=1S/C25H26ClN3OS/c1-13-6-7-16(9-19(13)26)29-20-10-25(4,5)11-21(30)23(20)22(18(12-27)24(29)28)17-8-14(2)31-15(17)3/h6-9,22H,10-11,28H2,1-5H3/t22-/m0/s1. The van der Waals surface area contributed by atoms with Crippen LogP contribution in [0.15, 0.2) is 46.9 Å². The maximum atomic E-state index is 13.5. The Morgan fingerprint density at radius 2 is 1.94 bits per heavy atom. The number of ketones is 1. The monoisotopic (exact) mass is 451 g/mol. The molecule has 1 aliphatic carbocycles. The van der Waals surface area contributed by atoms with Crippen molar-refractivity contribution in [2.24, 2.45) is 11.1 Å². The molecule has 4 rings (SSSR count). The maximum Gasteiger partial charge on any atom is 0.162 e. The summed E-state index contributed by atoms with van der Waals surface area (Å²) < 4.78 is 0. The number of thiophene rings is 1. The number of nitrogens with two attached hydrogens (primary N) is 1. The Kier molecular flexibility index (Phi) is 5.28. The second-order valence-corrected chi connectivity index (χ2v) is 11.2. The highest BCUT2D eigenvalue weighted by Gasteiger charge is 2.45. The first-order valence-electron chi connectivity index (χ1n) is 10.3. The Morgan fingerprint density at radius 3 is 2.52 bits per heavy atom. The third-order valence-electron chi connectivity index (χ3n) is 6.18. The molecule has 1 atom stereocenters. The molecular formula is C25H26ClN3OS.